The van der Waals surface area contributed by atoms with Gasteiger partial charge in [0.25, 0.3) is 23.3 Å². The van der Waals surface area contributed by atoms with Crippen LogP contribution in [-0.4, -0.2) is 32.0 Å². The minimum Gasteiger partial charge on any atom is -0.316 e. The highest BCUT2D eigenvalue weighted by atomic mass is 16.2. The van der Waals surface area contributed by atoms with Crippen molar-refractivity contribution in [1.82, 2.24) is 14.3 Å². The number of rotatable bonds is 5. The van der Waals surface area contributed by atoms with Crippen LogP contribution in [0.2, 0.25) is 0 Å². The highest BCUT2D eigenvalue weighted by molar-refractivity contribution is 6.21. The third kappa shape index (κ3) is 3.74. The number of nitrogens with zero attached hydrogens (tertiary/aromatic N) is 3. The molecule has 8 nitrogen and oxygen atoms in total. The molecule has 0 saturated heterocycles. The Kier molecular flexibility index (Phi) is 5.41. The number of hydrogen-bond donors (Lipinski definition) is 1. The lowest BCUT2D eigenvalue weighted by Crippen LogP contribution is -2.29. The van der Waals surface area contributed by atoms with Gasteiger partial charge in [-0.3, -0.25) is 28.8 Å². The van der Waals surface area contributed by atoms with E-state index >= 15 is 0 Å². The fourth-order valence-corrected chi connectivity index (χ4v) is 4.27. The molecule has 0 spiro atoms. The summed E-state index contributed by atoms with van der Waals surface area (Å²) in [7, 11) is 1.75. The minimum atomic E-state index is -0.458. The fraction of sp³-hybridized carbons (Fsp3) is 0.111. The van der Waals surface area contributed by atoms with Gasteiger partial charge in [0, 0.05) is 12.6 Å². The predicted molar refractivity (Wildman–Crippen MR) is 131 cm³/mol. The number of nitrogens with one attached hydrogen (secondary N) is 1. The number of para-hydroxylation sites is 1. The van der Waals surface area contributed by atoms with E-state index in [1.54, 1.807) is 67.2 Å². The van der Waals surface area contributed by atoms with E-state index in [9.17, 15) is 19.2 Å². The Balaban J connectivity index is 1.39. The van der Waals surface area contributed by atoms with E-state index < -0.39 is 5.91 Å². The van der Waals surface area contributed by atoms with Crippen LogP contribution in [0.15, 0.2) is 83.7 Å². The van der Waals surface area contributed by atoms with Crippen LogP contribution in [0.5, 0.6) is 0 Å². The monoisotopic (exact) mass is 466 g/mol. The first-order valence-electron chi connectivity index (χ1n) is 11.1. The summed E-state index contributed by atoms with van der Waals surface area (Å²) in [4.78, 5) is 52.7. The molecule has 3 aromatic carbocycles. The number of imide groups is 1. The first-order valence-corrected chi connectivity index (χ1v) is 11.1. The Hall–Kier alpha value is -4.72. The van der Waals surface area contributed by atoms with Gasteiger partial charge in [0.2, 0.25) is 0 Å². The second-order valence-electron chi connectivity index (χ2n) is 8.33. The normalized spacial score (nSPS) is 12.7. The molecule has 0 saturated carbocycles. The molecule has 8 heteroatoms. The first-order chi connectivity index (χ1) is 16.9. The number of fused-ring (bicyclic) bond motifs is 1. The molecule has 35 heavy (non-hydrogen) atoms. The molecule has 2 heterocycles. The average Bonchev–Trinajstić information content (AvgIpc) is 3.24. The lowest BCUT2D eigenvalue weighted by atomic mass is 10.1. The molecule has 0 aliphatic carbocycles. The number of carbonyl (C=O) groups excluding carboxylic acids is 3. The zero-order valence-corrected chi connectivity index (χ0v) is 19.2. The van der Waals surface area contributed by atoms with Crippen LogP contribution in [0.3, 0.4) is 0 Å². The van der Waals surface area contributed by atoms with Crippen LogP contribution in [0, 0.1) is 6.92 Å². The van der Waals surface area contributed by atoms with E-state index in [-0.39, 0.29) is 29.6 Å². The Labute approximate surface area is 201 Å². The molecule has 1 N–H and O–H groups in total. The minimum absolute atomic E-state index is 0.0403. The molecule has 0 bridgehead atoms. The maximum absolute atomic E-state index is 13.1. The van der Waals surface area contributed by atoms with Crippen molar-refractivity contribution in [2.24, 2.45) is 7.05 Å². The molecule has 4 aromatic rings. The molecule has 0 atom stereocenters. The van der Waals surface area contributed by atoms with Crippen molar-refractivity contribution in [1.29, 1.82) is 0 Å². The molecule has 0 radical (unpaired) electrons. The molecule has 0 unspecified atom stereocenters. The van der Waals surface area contributed by atoms with Crippen LogP contribution in [0.4, 0.5) is 5.69 Å². The lowest BCUT2D eigenvalue weighted by molar-refractivity contribution is 0.0642. The maximum Gasteiger partial charge on any atom is 0.295 e. The summed E-state index contributed by atoms with van der Waals surface area (Å²) in [6.45, 7) is 1.80. The van der Waals surface area contributed by atoms with E-state index in [1.807, 2.05) is 30.3 Å². The first kappa shape index (κ1) is 22.1. The summed E-state index contributed by atoms with van der Waals surface area (Å²) in [5.41, 5.74) is 2.83. The summed E-state index contributed by atoms with van der Waals surface area (Å²) in [5.74, 6) is -1.18. The average molecular weight is 466 g/mol. The number of hydrogen-bond acceptors (Lipinski definition) is 4. The largest absolute Gasteiger partial charge is 0.316 e. The van der Waals surface area contributed by atoms with E-state index in [0.29, 0.717) is 33.6 Å². The van der Waals surface area contributed by atoms with E-state index in [1.165, 1.54) is 9.58 Å². The number of aromatic nitrogens is 2. The fourth-order valence-electron chi connectivity index (χ4n) is 4.27. The number of benzene rings is 3. The Bertz CT molecular complexity index is 1510. The lowest BCUT2D eigenvalue weighted by Gasteiger charge is -2.14. The second kappa shape index (κ2) is 8.57. The van der Waals surface area contributed by atoms with E-state index in [0.717, 1.165) is 0 Å². The van der Waals surface area contributed by atoms with Crippen molar-refractivity contribution < 1.29 is 14.4 Å². The number of amides is 3. The highest BCUT2D eigenvalue weighted by Crippen LogP contribution is 2.24. The Morgan fingerprint density at radius 1 is 0.829 bits per heavy atom. The molecule has 1 aromatic heterocycles. The number of carbonyl (C=O) groups is 3. The van der Waals surface area contributed by atoms with Gasteiger partial charge in [-0.05, 0) is 48.9 Å². The van der Waals surface area contributed by atoms with Gasteiger partial charge in [-0.1, -0.05) is 42.5 Å². The van der Waals surface area contributed by atoms with Crippen LogP contribution in [-0.2, 0) is 13.6 Å². The van der Waals surface area contributed by atoms with Crippen molar-refractivity contribution in [3.05, 3.63) is 117 Å². The van der Waals surface area contributed by atoms with Crippen molar-refractivity contribution in [2.75, 3.05) is 5.32 Å². The second-order valence-corrected chi connectivity index (χ2v) is 8.33. The predicted octanol–water partition coefficient (Wildman–Crippen LogP) is 3.53. The number of anilines is 1. The van der Waals surface area contributed by atoms with Crippen molar-refractivity contribution >= 4 is 23.4 Å². The Morgan fingerprint density at radius 2 is 1.46 bits per heavy atom. The van der Waals surface area contributed by atoms with Gasteiger partial charge in [0.15, 0.2) is 0 Å². The third-order valence-corrected chi connectivity index (χ3v) is 6.20. The summed E-state index contributed by atoms with van der Waals surface area (Å²) in [5, 5.41) is 2.74. The van der Waals surface area contributed by atoms with Crippen LogP contribution >= 0.6 is 0 Å². The van der Waals surface area contributed by atoms with Crippen molar-refractivity contribution in [2.45, 2.75) is 13.5 Å². The summed E-state index contributed by atoms with van der Waals surface area (Å²) >= 11 is 0. The van der Waals surface area contributed by atoms with E-state index in [2.05, 4.69) is 5.32 Å². The van der Waals surface area contributed by atoms with Gasteiger partial charge in [-0.2, -0.15) is 0 Å². The van der Waals surface area contributed by atoms with Crippen molar-refractivity contribution in [3.8, 4) is 5.69 Å². The molecule has 1 aliphatic heterocycles. The molecule has 5 rings (SSSR count). The molecule has 0 fully saturated rings. The molecular weight excluding hydrogens is 444 g/mol. The van der Waals surface area contributed by atoms with Gasteiger partial charge in [-0.15, -0.1) is 0 Å². The Morgan fingerprint density at radius 3 is 2.11 bits per heavy atom. The molecular formula is C27H22N4O4. The van der Waals surface area contributed by atoms with Crippen LogP contribution in [0.1, 0.15) is 42.3 Å². The van der Waals surface area contributed by atoms with Gasteiger partial charge >= 0.3 is 0 Å². The summed E-state index contributed by atoms with van der Waals surface area (Å²) < 4.78 is 3.18. The van der Waals surface area contributed by atoms with Gasteiger partial charge in [0.1, 0.15) is 5.69 Å². The summed E-state index contributed by atoms with van der Waals surface area (Å²) in [6.07, 6.45) is 0. The van der Waals surface area contributed by atoms with Gasteiger partial charge in [0.05, 0.1) is 29.1 Å². The van der Waals surface area contributed by atoms with Crippen LogP contribution in [0.25, 0.3) is 5.69 Å². The van der Waals surface area contributed by atoms with E-state index in [4.69, 9.17) is 0 Å². The van der Waals surface area contributed by atoms with Crippen LogP contribution < -0.4 is 10.9 Å². The molecule has 174 valence electrons. The third-order valence-electron chi connectivity index (χ3n) is 6.20. The highest BCUT2D eigenvalue weighted by Gasteiger charge is 2.35. The van der Waals surface area contributed by atoms with Gasteiger partial charge in [-0.25, -0.2) is 4.68 Å². The standard InChI is InChI=1S/C27H22N4O4/c1-17-23(27(35)31(29(17)2)20-11-4-3-5-12-20)28-24(32)19-10-8-9-18(15-19)16-30-25(33)21-13-6-7-14-22(21)26(30)34/h3-15H,16H2,1-2H3,(H,28,32). The molecule has 3 amide bonds. The SMILES string of the molecule is Cc1c(NC(=O)c2cccc(CN3C(=O)c4ccccc4C3=O)c2)c(=O)n(-c2ccccc2)n1C. The topological polar surface area (TPSA) is 93.4 Å². The maximum atomic E-state index is 13.1. The zero-order chi connectivity index (χ0) is 24.7. The summed E-state index contributed by atoms with van der Waals surface area (Å²) in [6, 6.07) is 22.5. The molecule has 1 aliphatic rings. The zero-order valence-electron chi connectivity index (χ0n) is 19.2. The van der Waals surface area contributed by atoms with Gasteiger partial charge < -0.3 is 5.32 Å². The smallest absolute Gasteiger partial charge is 0.295 e. The quantitative estimate of drug-likeness (QED) is 0.456. The van der Waals surface area contributed by atoms with Crippen molar-refractivity contribution in [3.63, 3.8) is 0 Å².